The molecule has 0 radical (unpaired) electrons. The Morgan fingerprint density at radius 3 is 3.07 bits per heavy atom. The van der Waals surface area contributed by atoms with Gasteiger partial charge < -0.3 is 9.90 Å². The van der Waals surface area contributed by atoms with Crippen LogP contribution in [-0.4, -0.2) is 11.4 Å². The monoisotopic (exact) mass is 204 g/mol. The van der Waals surface area contributed by atoms with Gasteiger partial charge in [0.1, 0.15) is 12.0 Å². The van der Waals surface area contributed by atoms with Crippen molar-refractivity contribution in [2.45, 2.75) is 32.1 Å². The van der Waals surface area contributed by atoms with Gasteiger partial charge in [0.15, 0.2) is 0 Å². The van der Waals surface area contributed by atoms with E-state index in [-0.39, 0.29) is 11.8 Å². The molecule has 80 valence electrons. The molecule has 2 unspecified atom stereocenters. The molecule has 0 amide bonds. The molecule has 0 aromatic heterocycles. The number of phenolic OH excluding ortho intramolecular Hbond substituents is 1. The fourth-order valence-electron chi connectivity index (χ4n) is 2.52. The van der Waals surface area contributed by atoms with Crippen LogP contribution in [0.15, 0.2) is 18.2 Å². The number of rotatable bonds is 2. The Labute approximate surface area is 89.9 Å². The number of aldehydes is 1. The third-order valence-electron chi connectivity index (χ3n) is 3.35. The first-order valence-corrected chi connectivity index (χ1v) is 5.50. The number of carbonyl (C=O) groups is 1. The van der Waals surface area contributed by atoms with Gasteiger partial charge in [0.25, 0.3) is 0 Å². The van der Waals surface area contributed by atoms with Crippen molar-refractivity contribution in [2.24, 2.45) is 5.92 Å². The molecule has 0 saturated heterocycles. The highest BCUT2D eigenvalue weighted by atomic mass is 16.3. The molecular weight excluding hydrogens is 188 g/mol. The van der Waals surface area contributed by atoms with Crippen molar-refractivity contribution in [3.05, 3.63) is 29.3 Å². The van der Waals surface area contributed by atoms with Crippen LogP contribution in [0.5, 0.6) is 5.75 Å². The number of hydrogen-bond donors (Lipinski definition) is 1. The molecule has 0 fully saturated rings. The lowest BCUT2D eigenvalue weighted by Gasteiger charge is -2.28. The summed E-state index contributed by atoms with van der Waals surface area (Å²) < 4.78 is 0. The van der Waals surface area contributed by atoms with Crippen LogP contribution in [0.1, 0.15) is 36.8 Å². The molecule has 1 aromatic rings. The third-order valence-corrected chi connectivity index (χ3v) is 3.35. The lowest BCUT2D eigenvalue weighted by atomic mass is 9.76. The maximum absolute atomic E-state index is 10.8. The average molecular weight is 204 g/mol. The highest BCUT2D eigenvalue weighted by Crippen LogP contribution is 2.40. The van der Waals surface area contributed by atoms with Gasteiger partial charge in [-0.1, -0.05) is 19.1 Å². The summed E-state index contributed by atoms with van der Waals surface area (Å²) in [5.41, 5.74) is 2.21. The van der Waals surface area contributed by atoms with Gasteiger partial charge in [0.2, 0.25) is 0 Å². The fourth-order valence-corrected chi connectivity index (χ4v) is 2.52. The van der Waals surface area contributed by atoms with Crippen molar-refractivity contribution in [1.29, 1.82) is 0 Å². The summed E-state index contributed by atoms with van der Waals surface area (Å²) in [4.78, 5) is 10.8. The van der Waals surface area contributed by atoms with E-state index in [4.69, 9.17) is 0 Å². The largest absolute Gasteiger partial charge is 0.508 e. The van der Waals surface area contributed by atoms with Crippen LogP contribution in [0.2, 0.25) is 0 Å². The van der Waals surface area contributed by atoms with E-state index in [1.165, 1.54) is 5.56 Å². The molecule has 0 aliphatic heterocycles. The van der Waals surface area contributed by atoms with Crippen LogP contribution < -0.4 is 0 Å². The van der Waals surface area contributed by atoms with Crippen LogP contribution in [-0.2, 0) is 11.2 Å². The van der Waals surface area contributed by atoms with Crippen molar-refractivity contribution in [3.8, 4) is 5.75 Å². The molecule has 0 saturated carbocycles. The van der Waals surface area contributed by atoms with E-state index in [0.29, 0.717) is 5.75 Å². The second kappa shape index (κ2) is 4.05. The van der Waals surface area contributed by atoms with Crippen molar-refractivity contribution >= 4 is 6.29 Å². The zero-order valence-corrected chi connectivity index (χ0v) is 8.94. The maximum atomic E-state index is 10.8. The Balaban J connectivity index is 2.45. The summed E-state index contributed by atoms with van der Waals surface area (Å²) in [7, 11) is 0. The van der Waals surface area contributed by atoms with E-state index in [0.717, 1.165) is 31.1 Å². The molecule has 0 spiro atoms. The van der Waals surface area contributed by atoms with Crippen molar-refractivity contribution in [2.75, 3.05) is 0 Å². The van der Waals surface area contributed by atoms with Gasteiger partial charge in [-0.05, 0) is 36.8 Å². The standard InChI is InChI=1S/C13H16O2/c1-9(8-14)11-6-2-4-10-5-3-7-12(15)13(10)11/h3,5,7-9,11,15H,2,4,6H2,1H3. The normalized spacial score (nSPS) is 21.8. The first kappa shape index (κ1) is 10.2. The predicted molar refractivity (Wildman–Crippen MR) is 59.0 cm³/mol. The van der Waals surface area contributed by atoms with E-state index in [1.54, 1.807) is 6.07 Å². The minimum atomic E-state index is -0.00245. The van der Waals surface area contributed by atoms with E-state index in [1.807, 2.05) is 13.0 Å². The van der Waals surface area contributed by atoms with E-state index in [2.05, 4.69) is 6.07 Å². The van der Waals surface area contributed by atoms with Crippen LogP contribution in [0, 0.1) is 5.92 Å². The van der Waals surface area contributed by atoms with Crippen molar-refractivity contribution < 1.29 is 9.90 Å². The molecule has 1 aromatic carbocycles. The molecular formula is C13H16O2. The Hall–Kier alpha value is -1.31. The molecule has 2 heteroatoms. The molecule has 0 bridgehead atoms. The molecule has 15 heavy (non-hydrogen) atoms. The zero-order chi connectivity index (χ0) is 10.8. The molecule has 1 aliphatic carbocycles. The topological polar surface area (TPSA) is 37.3 Å². The third kappa shape index (κ3) is 1.76. The summed E-state index contributed by atoms with van der Waals surface area (Å²) in [5, 5.41) is 9.86. The highest BCUT2D eigenvalue weighted by molar-refractivity contribution is 5.57. The number of fused-ring (bicyclic) bond motifs is 1. The van der Waals surface area contributed by atoms with E-state index in [9.17, 15) is 9.90 Å². The number of phenols is 1. The second-order valence-corrected chi connectivity index (χ2v) is 4.34. The summed E-state index contributed by atoms with van der Waals surface area (Å²) in [5.74, 6) is 0.552. The fraction of sp³-hybridized carbons (Fsp3) is 0.462. The summed E-state index contributed by atoms with van der Waals surface area (Å²) in [6, 6.07) is 5.65. The number of hydrogen-bond acceptors (Lipinski definition) is 2. The predicted octanol–water partition coefficient (Wildman–Crippen LogP) is 2.65. The Kier molecular flexibility index (Phi) is 2.76. The molecule has 2 nitrogen and oxygen atoms in total. The Morgan fingerprint density at radius 1 is 1.53 bits per heavy atom. The SMILES string of the molecule is CC(C=O)C1CCCc2cccc(O)c21. The van der Waals surface area contributed by atoms with E-state index < -0.39 is 0 Å². The lowest BCUT2D eigenvalue weighted by Crippen LogP contribution is -2.17. The Morgan fingerprint density at radius 2 is 2.33 bits per heavy atom. The van der Waals surface area contributed by atoms with Gasteiger partial charge in [-0.2, -0.15) is 0 Å². The van der Waals surface area contributed by atoms with Gasteiger partial charge in [0, 0.05) is 11.5 Å². The molecule has 2 rings (SSSR count). The van der Waals surface area contributed by atoms with Gasteiger partial charge in [0.05, 0.1) is 0 Å². The first-order valence-electron chi connectivity index (χ1n) is 5.50. The molecule has 1 N–H and O–H groups in total. The van der Waals surface area contributed by atoms with Crippen LogP contribution in [0.25, 0.3) is 0 Å². The van der Waals surface area contributed by atoms with E-state index >= 15 is 0 Å². The van der Waals surface area contributed by atoms with Crippen molar-refractivity contribution in [1.82, 2.24) is 0 Å². The Bertz CT molecular complexity index is 371. The van der Waals surface area contributed by atoms with Gasteiger partial charge in [-0.25, -0.2) is 0 Å². The average Bonchev–Trinajstić information content (AvgIpc) is 2.28. The van der Waals surface area contributed by atoms with Gasteiger partial charge in [-0.3, -0.25) is 0 Å². The lowest BCUT2D eigenvalue weighted by molar-refractivity contribution is -0.111. The minimum Gasteiger partial charge on any atom is -0.508 e. The summed E-state index contributed by atoms with van der Waals surface area (Å²) >= 11 is 0. The number of aryl methyl sites for hydroxylation is 1. The van der Waals surface area contributed by atoms with Crippen LogP contribution >= 0.6 is 0 Å². The summed E-state index contributed by atoms with van der Waals surface area (Å²) in [6.45, 7) is 1.93. The van der Waals surface area contributed by atoms with Gasteiger partial charge >= 0.3 is 0 Å². The number of aromatic hydroxyl groups is 1. The molecule has 1 aliphatic rings. The second-order valence-electron chi connectivity index (χ2n) is 4.34. The quantitative estimate of drug-likeness (QED) is 0.752. The summed E-state index contributed by atoms with van der Waals surface area (Å²) in [6.07, 6.45) is 4.13. The zero-order valence-electron chi connectivity index (χ0n) is 8.94. The smallest absolute Gasteiger partial charge is 0.123 e. The van der Waals surface area contributed by atoms with Crippen LogP contribution in [0.4, 0.5) is 0 Å². The number of benzene rings is 1. The van der Waals surface area contributed by atoms with Crippen LogP contribution in [0.3, 0.4) is 0 Å². The first-order chi connectivity index (χ1) is 7.24. The highest BCUT2D eigenvalue weighted by Gasteiger charge is 2.27. The van der Waals surface area contributed by atoms with Gasteiger partial charge in [-0.15, -0.1) is 0 Å². The number of carbonyl (C=O) groups excluding carboxylic acids is 1. The minimum absolute atomic E-state index is 0.00245. The molecule has 0 heterocycles. The maximum Gasteiger partial charge on any atom is 0.123 e. The van der Waals surface area contributed by atoms with Crippen molar-refractivity contribution in [3.63, 3.8) is 0 Å². The molecule has 2 atom stereocenters.